The highest BCUT2D eigenvalue weighted by Crippen LogP contribution is 2.41. The molecular formula is C23H23ClF3N3O4. The van der Waals surface area contributed by atoms with E-state index in [1.165, 1.54) is 42.6 Å². The van der Waals surface area contributed by atoms with Gasteiger partial charge in [0.15, 0.2) is 5.54 Å². The van der Waals surface area contributed by atoms with E-state index in [2.05, 4.69) is 10.4 Å². The van der Waals surface area contributed by atoms with Crippen molar-refractivity contribution in [2.45, 2.75) is 44.5 Å². The Kier molecular flexibility index (Phi) is 6.84. The molecule has 2 aromatic carbocycles. The van der Waals surface area contributed by atoms with Crippen molar-refractivity contribution >= 4 is 40.3 Å². The Morgan fingerprint density at radius 1 is 1.09 bits per heavy atom. The number of esters is 1. The van der Waals surface area contributed by atoms with Crippen LogP contribution in [0.2, 0.25) is 5.02 Å². The van der Waals surface area contributed by atoms with Crippen LogP contribution in [-0.4, -0.2) is 40.7 Å². The van der Waals surface area contributed by atoms with Crippen LogP contribution >= 0.6 is 11.6 Å². The first kappa shape index (κ1) is 25.4. The van der Waals surface area contributed by atoms with Crippen LogP contribution < -0.4 is 5.32 Å². The molecule has 3 aromatic rings. The molecule has 1 amide bonds. The fourth-order valence-corrected chi connectivity index (χ4v) is 3.76. The molecule has 0 aliphatic heterocycles. The predicted octanol–water partition coefficient (Wildman–Crippen LogP) is 5.91. The summed E-state index contributed by atoms with van der Waals surface area (Å²) in [6, 6.07) is 9.96. The van der Waals surface area contributed by atoms with Crippen molar-refractivity contribution < 1.29 is 32.2 Å². The largest absolute Gasteiger partial charge is 0.467 e. The average molecular weight is 498 g/mol. The summed E-state index contributed by atoms with van der Waals surface area (Å²) in [5.74, 6) is -1.16. The third kappa shape index (κ3) is 5.27. The van der Waals surface area contributed by atoms with Gasteiger partial charge in [-0.05, 0) is 50.6 Å². The highest BCUT2D eigenvalue weighted by atomic mass is 35.5. The number of hydrogen-bond donors (Lipinski definition) is 1. The number of carbonyl (C=O) groups is 2. The SMILES string of the molecule is COC(=O)C(CC(F)(F)F)(c1ccc(Cl)cc1)n1ncc2c(NC(=O)OC(C)(C)C)cccc21. The quantitative estimate of drug-likeness (QED) is 0.443. The van der Waals surface area contributed by atoms with Gasteiger partial charge in [0.2, 0.25) is 0 Å². The van der Waals surface area contributed by atoms with Gasteiger partial charge in [-0.1, -0.05) is 29.8 Å². The first-order valence-corrected chi connectivity index (χ1v) is 10.5. The van der Waals surface area contributed by atoms with E-state index < -0.39 is 35.8 Å². The third-order valence-corrected chi connectivity index (χ3v) is 5.16. The Labute approximate surface area is 198 Å². The Morgan fingerprint density at radius 3 is 2.29 bits per heavy atom. The lowest BCUT2D eigenvalue weighted by atomic mass is 9.86. The van der Waals surface area contributed by atoms with E-state index in [1.807, 2.05) is 0 Å². The van der Waals surface area contributed by atoms with Crippen LogP contribution in [0.3, 0.4) is 0 Å². The summed E-state index contributed by atoms with van der Waals surface area (Å²) in [6.45, 7) is 5.08. The summed E-state index contributed by atoms with van der Waals surface area (Å²) in [4.78, 5) is 25.3. The molecule has 0 aliphatic rings. The minimum atomic E-state index is -4.77. The summed E-state index contributed by atoms with van der Waals surface area (Å²) >= 11 is 5.93. The summed E-state index contributed by atoms with van der Waals surface area (Å²) in [7, 11) is 1.00. The van der Waals surface area contributed by atoms with Crippen molar-refractivity contribution in [3.63, 3.8) is 0 Å². The minimum Gasteiger partial charge on any atom is -0.467 e. The fourth-order valence-electron chi connectivity index (χ4n) is 3.64. The monoisotopic (exact) mass is 497 g/mol. The number of methoxy groups -OCH3 is 1. The summed E-state index contributed by atoms with van der Waals surface area (Å²) < 4.78 is 52.7. The maximum Gasteiger partial charge on any atom is 0.412 e. The first-order valence-electron chi connectivity index (χ1n) is 10.2. The number of halogens is 4. The van der Waals surface area contributed by atoms with E-state index in [-0.39, 0.29) is 21.8 Å². The lowest BCUT2D eigenvalue weighted by Crippen LogP contribution is -2.47. The molecule has 0 saturated heterocycles. The lowest BCUT2D eigenvalue weighted by molar-refractivity contribution is -0.174. The number of nitrogens with zero attached hydrogens (tertiary/aromatic N) is 2. The van der Waals surface area contributed by atoms with Gasteiger partial charge in [-0.15, -0.1) is 0 Å². The molecule has 1 aromatic heterocycles. The second kappa shape index (κ2) is 9.17. The Hall–Kier alpha value is -3.27. The van der Waals surface area contributed by atoms with Gasteiger partial charge >= 0.3 is 18.2 Å². The topological polar surface area (TPSA) is 82.5 Å². The summed E-state index contributed by atoms with van der Waals surface area (Å²) in [5, 5.41) is 7.31. The van der Waals surface area contributed by atoms with Crippen LogP contribution in [0.15, 0.2) is 48.7 Å². The van der Waals surface area contributed by atoms with E-state index in [4.69, 9.17) is 21.1 Å². The van der Waals surface area contributed by atoms with Crippen LogP contribution in [-0.2, 0) is 19.8 Å². The second-order valence-electron chi connectivity index (χ2n) is 8.57. The Morgan fingerprint density at radius 2 is 1.74 bits per heavy atom. The number of nitrogens with one attached hydrogen (secondary N) is 1. The molecular weight excluding hydrogens is 475 g/mol. The summed E-state index contributed by atoms with van der Waals surface area (Å²) in [5.41, 5.74) is -2.75. The zero-order chi connectivity index (χ0) is 25.3. The van der Waals surface area contributed by atoms with Gasteiger partial charge in [0.1, 0.15) is 5.60 Å². The maximum absolute atomic E-state index is 13.9. The second-order valence-corrected chi connectivity index (χ2v) is 9.01. The van der Waals surface area contributed by atoms with Crippen molar-refractivity contribution in [3.05, 3.63) is 59.2 Å². The molecule has 1 atom stereocenters. The van der Waals surface area contributed by atoms with Gasteiger partial charge in [-0.2, -0.15) is 18.3 Å². The maximum atomic E-state index is 13.9. The molecule has 0 radical (unpaired) electrons. The van der Waals surface area contributed by atoms with Crippen LogP contribution in [0, 0.1) is 0 Å². The lowest BCUT2D eigenvalue weighted by Gasteiger charge is -2.33. The number of rotatable bonds is 5. The molecule has 0 fully saturated rings. The molecule has 1 unspecified atom stereocenters. The van der Waals surface area contributed by atoms with E-state index in [0.717, 1.165) is 11.8 Å². The van der Waals surface area contributed by atoms with Crippen molar-refractivity contribution in [1.82, 2.24) is 9.78 Å². The van der Waals surface area contributed by atoms with Crippen molar-refractivity contribution in [1.29, 1.82) is 0 Å². The number of hydrogen-bond acceptors (Lipinski definition) is 5. The van der Waals surface area contributed by atoms with Crippen molar-refractivity contribution in [2.75, 3.05) is 12.4 Å². The zero-order valence-corrected chi connectivity index (χ0v) is 19.6. The summed E-state index contributed by atoms with van der Waals surface area (Å²) in [6.07, 6.45) is -5.83. The molecule has 0 spiro atoms. The number of alkyl halides is 3. The van der Waals surface area contributed by atoms with Gasteiger partial charge in [-0.3, -0.25) is 5.32 Å². The molecule has 11 heteroatoms. The number of amides is 1. The van der Waals surface area contributed by atoms with Crippen molar-refractivity contribution in [2.24, 2.45) is 0 Å². The smallest absolute Gasteiger partial charge is 0.412 e. The standard InChI is InChI=1S/C23H23ClF3N3O4/c1-21(2,3)34-20(32)29-17-6-5-7-18-16(17)12-28-30(18)22(19(31)33-4,13-23(25,26)27)14-8-10-15(24)11-9-14/h5-12H,13H2,1-4H3,(H,29,32). The molecule has 34 heavy (non-hydrogen) atoms. The third-order valence-electron chi connectivity index (χ3n) is 4.91. The Bertz CT molecular complexity index is 1200. The van der Waals surface area contributed by atoms with Gasteiger partial charge in [0, 0.05) is 10.4 Å². The molecule has 0 bridgehead atoms. The Balaban J connectivity index is 2.23. The van der Waals surface area contributed by atoms with E-state index in [1.54, 1.807) is 26.8 Å². The zero-order valence-electron chi connectivity index (χ0n) is 18.9. The molecule has 3 rings (SSSR count). The van der Waals surface area contributed by atoms with E-state index in [0.29, 0.717) is 5.39 Å². The number of anilines is 1. The normalized spacial score (nSPS) is 13.9. The van der Waals surface area contributed by atoms with Crippen LogP contribution in [0.1, 0.15) is 32.8 Å². The molecule has 0 aliphatic carbocycles. The predicted molar refractivity (Wildman–Crippen MR) is 121 cm³/mol. The van der Waals surface area contributed by atoms with E-state index in [9.17, 15) is 22.8 Å². The first-order chi connectivity index (χ1) is 15.8. The van der Waals surface area contributed by atoms with Crippen LogP contribution in [0.25, 0.3) is 10.9 Å². The van der Waals surface area contributed by atoms with Crippen LogP contribution in [0.5, 0.6) is 0 Å². The highest BCUT2D eigenvalue weighted by molar-refractivity contribution is 6.30. The fraction of sp³-hybridized carbons (Fsp3) is 0.348. The molecule has 182 valence electrons. The molecule has 7 nitrogen and oxygen atoms in total. The molecule has 0 saturated carbocycles. The van der Waals surface area contributed by atoms with E-state index >= 15 is 0 Å². The highest BCUT2D eigenvalue weighted by Gasteiger charge is 2.53. The van der Waals surface area contributed by atoms with Gasteiger partial charge in [0.05, 0.1) is 30.9 Å². The number of carbonyl (C=O) groups excluding carboxylic acids is 2. The molecule has 1 N–H and O–H groups in total. The van der Waals surface area contributed by atoms with Gasteiger partial charge in [0.25, 0.3) is 0 Å². The number of ether oxygens (including phenoxy) is 2. The van der Waals surface area contributed by atoms with Gasteiger partial charge in [-0.25, -0.2) is 14.3 Å². The van der Waals surface area contributed by atoms with Crippen LogP contribution in [0.4, 0.5) is 23.7 Å². The number of aromatic nitrogens is 2. The van der Waals surface area contributed by atoms with Gasteiger partial charge < -0.3 is 9.47 Å². The minimum absolute atomic E-state index is 0.0171. The number of fused-ring (bicyclic) bond motifs is 1. The van der Waals surface area contributed by atoms with Crippen molar-refractivity contribution in [3.8, 4) is 0 Å². The number of benzene rings is 2. The average Bonchev–Trinajstić information content (AvgIpc) is 3.15. The molecule has 1 heterocycles.